The number of halogens is 3. The zero-order valence-corrected chi connectivity index (χ0v) is 81.7. The number of nitrogens with two attached hydrogens (primary N) is 1. The molecule has 4 fully saturated rings. The van der Waals surface area contributed by atoms with E-state index in [1.54, 1.807) is 79.6 Å². The summed E-state index contributed by atoms with van der Waals surface area (Å²) in [6, 6.07) is 16.8. The highest BCUT2D eigenvalue weighted by atomic mass is 19.4. The predicted molar refractivity (Wildman–Crippen MR) is 518 cm³/mol. The molecule has 2 aromatic carbocycles. The van der Waals surface area contributed by atoms with Gasteiger partial charge < -0.3 is 96.9 Å². The van der Waals surface area contributed by atoms with Crippen LogP contribution in [0, 0.1) is 23.7 Å². The van der Waals surface area contributed by atoms with E-state index in [1.807, 2.05) is 67.8 Å². The number of likely N-dealkylation sites (tertiary alicyclic amines) is 1. The number of amides is 2. The molecule has 1 aliphatic carbocycles. The van der Waals surface area contributed by atoms with Gasteiger partial charge >= 0.3 is 11.9 Å². The van der Waals surface area contributed by atoms with E-state index in [4.69, 9.17) is 71.7 Å². The summed E-state index contributed by atoms with van der Waals surface area (Å²) in [5, 5.41) is 14.9. The third-order valence-electron chi connectivity index (χ3n) is 26.0. The predicted octanol–water partition coefficient (Wildman–Crippen LogP) is 14.1. The molecule has 0 spiro atoms. The number of methoxy groups -OCH3 is 2. The van der Waals surface area contributed by atoms with Crippen LogP contribution in [0.1, 0.15) is 174 Å². The summed E-state index contributed by atoms with van der Waals surface area (Å²) in [7, 11) is 4.78. The summed E-state index contributed by atoms with van der Waals surface area (Å²) in [5.74, 6) is -0.553. The monoisotopic (exact) mass is 1930 g/mol. The number of allylic oxidation sites excluding steroid dienone is 8. The number of fused-ring (bicyclic) bond motifs is 3. The molecule has 7 heterocycles. The number of ether oxygens (including phenoxy) is 13. The topological polar surface area (TPSA) is 356 Å². The second-order valence-corrected chi connectivity index (χ2v) is 36.2. The molecule has 3 aliphatic heterocycles. The van der Waals surface area contributed by atoms with Crippen LogP contribution >= 0.6 is 0 Å². The minimum Gasteiger partial charge on any atom is -0.481 e. The molecular weight excluding hydrogens is 1780 g/mol. The van der Waals surface area contributed by atoms with Crippen molar-refractivity contribution in [1.82, 2.24) is 34.2 Å². The number of carbonyl (C=O) groups is 6. The fourth-order valence-electron chi connectivity index (χ4n) is 18.0. The van der Waals surface area contributed by atoms with E-state index in [9.17, 15) is 51.8 Å². The molecule has 0 radical (unpaired) electrons. The molecule has 0 bridgehead atoms. The first-order valence-electron chi connectivity index (χ1n) is 49.1. The molecule has 3 saturated heterocycles. The van der Waals surface area contributed by atoms with Crippen molar-refractivity contribution in [3.8, 4) is 22.7 Å². The maximum atomic E-state index is 15.0. The number of aryl methyl sites for hydroxylation is 1. The van der Waals surface area contributed by atoms with Crippen LogP contribution in [0.15, 0.2) is 148 Å². The Balaban J connectivity index is 0.474. The quantitative estimate of drug-likeness (QED) is 0.0105. The van der Waals surface area contributed by atoms with Gasteiger partial charge in [-0.1, -0.05) is 68.9 Å². The summed E-state index contributed by atoms with van der Waals surface area (Å²) in [4.78, 5) is 106. The van der Waals surface area contributed by atoms with Gasteiger partial charge in [0.05, 0.1) is 184 Å². The number of unbranched alkanes of at least 4 members (excludes halogenated alkanes) is 1. The molecule has 138 heavy (non-hydrogen) atoms. The highest BCUT2D eigenvalue weighted by Gasteiger charge is 2.40. The second-order valence-electron chi connectivity index (χ2n) is 36.2. The number of anilines is 1. The van der Waals surface area contributed by atoms with E-state index in [-0.39, 0.29) is 124 Å². The van der Waals surface area contributed by atoms with Crippen molar-refractivity contribution in [3.05, 3.63) is 161 Å². The van der Waals surface area contributed by atoms with Crippen LogP contribution in [0.4, 0.5) is 18.9 Å². The SMILES string of the molecule is COc1ccc(-c2ccc3ncc4c(c3c2)n(-c2ccc(N3CCN(C(=O)CCOCCOCCOCCOCCOCCOCCOCCOCCN/C=C(\N)CCCCO[C@@H]5CC[C@@H](CCC(CC(=O)[C@H](C)/C=C(\C)[C@@H](O)CC(=O)[C@H](C)C[C@H](C)/C=C/C=C/C=C(\C)C(CC6CCCC(C(=O)C(=O)N7CCCCC7)O6)c6ccco6)OC=O)C[C@H]5OC)CC3)c(C(F)(F)F)c2)c(=O)n4C)cn1. The lowest BCUT2D eigenvalue weighted by Gasteiger charge is -2.37. The number of pyridine rings is 2. The molecule has 760 valence electrons. The Bertz CT molecular complexity index is 4950. The van der Waals surface area contributed by atoms with Crippen molar-refractivity contribution in [2.24, 2.45) is 36.5 Å². The number of ketones is 3. The molecule has 2 amide bonds. The highest BCUT2D eigenvalue weighted by molar-refractivity contribution is 6.37. The third-order valence-corrected chi connectivity index (χ3v) is 26.0. The first-order chi connectivity index (χ1) is 66.8. The number of piperazine rings is 1. The molecule has 4 unspecified atom stereocenters. The summed E-state index contributed by atoms with van der Waals surface area (Å²) in [5.41, 5.74) is 10.2. The van der Waals surface area contributed by atoms with Crippen molar-refractivity contribution in [2.75, 3.05) is 177 Å². The largest absolute Gasteiger partial charge is 0.481 e. The number of carbonyl (C=O) groups excluding carboxylic acids is 6. The Morgan fingerprint density at radius 1 is 0.681 bits per heavy atom. The summed E-state index contributed by atoms with van der Waals surface area (Å²) < 4.78 is 128. The number of rotatable bonds is 63. The Morgan fingerprint density at radius 3 is 1.99 bits per heavy atom. The van der Waals surface area contributed by atoms with Crippen LogP contribution in [0.2, 0.25) is 0 Å². The molecule has 6 aromatic rings. The second kappa shape index (κ2) is 59.0. The van der Waals surface area contributed by atoms with E-state index in [0.717, 1.165) is 111 Å². The molecule has 31 nitrogen and oxygen atoms in total. The first-order valence-corrected chi connectivity index (χ1v) is 49.1. The number of hydrogen-bond donors (Lipinski definition) is 3. The highest BCUT2D eigenvalue weighted by Crippen LogP contribution is 2.41. The van der Waals surface area contributed by atoms with Gasteiger partial charge in [0.2, 0.25) is 17.6 Å². The van der Waals surface area contributed by atoms with E-state index in [2.05, 4.69) is 35.2 Å². The normalized spacial score (nSPS) is 19.1. The van der Waals surface area contributed by atoms with Crippen molar-refractivity contribution in [1.29, 1.82) is 0 Å². The number of imidazole rings is 1. The lowest BCUT2D eigenvalue weighted by atomic mass is 9.81. The van der Waals surface area contributed by atoms with E-state index < -0.39 is 53.3 Å². The van der Waals surface area contributed by atoms with E-state index >= 15 is 0 Å². The lowest BCUT2D eigenvalue weighted by molar-refractivity contribution is -0.156. The number of Topliss-reactive ketones (excluding diaryl/α,β-unsaturated/α-hetero) is 3. The van der Waals surface area contributed by atoms with Gasteiger partial charge in [0, 0.05) is 138 Å². The Hall–Kier alpha value is -9.82. The van der Waals surface area contributed by atoms with Gasteiger partial charge in [0.15, 0.2) is 0 Å². The van der Waals surface area contributed by atoms with Gasteiger partial charge in [-0.15, -0.1) is 0 Å². The molecule has 4 aromatic heterocycles. The molecule has 10 rings (SSSR count). The van der Waals surface area contributed by atoms with Crippen molar-refractivity contribution in [2.45, 2.75) is 205 Å². The van der Waals surface area contributed by atoms with Gasteiger partial charge in [-0.05, 0) is 188 Å². The summed E-state index contributed by atoms with van der Waals surface area (Å²) in [6.07, 6.45) is 23.5. The molecular formula is C104H146F3N9O22. The van der Waals surface area contributed by atoms with Crippen molar-refractivity contribution >= 4 is 63.3 Å². The molecule has 4 N–H and O–H groups in total. The van der Waals surface area contributed by atoms with E-state index in [1.165, 1.54) is 28.4 Å². The number of hydrogen-bond acceptors (Lipinski definition) is 27. The fraction of sp³-hybridized carbons (Fsp3) is 0.606. The molecule has 4 aliphatic rings. The van der Waals surface area contributed by atoms with Gasteiger partial charge in [0.1, 0.15) is 29.5 Å². The number of furan rings is 1. The fourth-order valence-corrected chi connectivity index (χ4v) is 18.0. The number of nitrogens with zero attached hydrogens (tertiary/aromatic N) is 7. The Kier molecular flexibility index (Phi) is 47.1. The number of nitrogens with one attached hydrogen (secondary N) is 1. The molecule has 11 atom stereocenters. The lowest BCUT2D eigenvalue weighted by Crippen LogP contribution is -2.49. The van der Waals surface area contributed by atoms with Crippen LogP contribution in [0.5, 0.6) is 5.88 Å². The smallest absolute Gasteiger partial charge is 0.418 e. The third kappa shape index (κ3) is 35.4. The average Bonchev–Trinajstić information content (AvgIpc) is 1.57. The van der Waals surface area contributed by atoms with Crippen LogP contribution in [0.25, 0.3) is 38.8 Å². The van der Waals surface area contributed by atoms with Crippen molar-refractivity contribution in [3.63, 3.8) is 0 Å². The van der Waals surface area contributed by atoms with E-state index in [0.29, 0.717) is 190 Å². The molecule has 34 heteroatoms. The van der Waals surface area contributed by atoms with Crippen LogP contribution in [0.3, 0.4) is 0 Å². The zero-order valence-electron chi connectivity index (χ0n) is 81.7. The maximum Gasteiger partial charge on any atom is 0.418 e. The minimum absolute atomic E-state index is 0.0342. The number of aliphatic hydroxyl groups is 1. The summed E-state index contributed by atoms with van der Waals surface area (Å²) in [6.45, 7) is 19.2. The minimum atomic E-state index is -4.76. The van der Waals surface area contributed by atoms with Gasteiger partial charge in [-0.3, -0.25) is 42.9 Å². The Morgan fingerprint density at radius 2 is 1.36 bits per heavy atom. The number of aliphatic hydroxyl groups excluding tert-OH is 1. The summed E-state index contributed by atoms with van der Waals surface area (Å²) >= 11 is 0. The Labute approximate surface area is 808 Å². The maximum absolute atomic E-state index is 15.0. The zero-order chi connectivity index (χ0) is 98.6. The van der Waals surface area contributed by atoms with Gasteiger partial charge in [0.25, 0.3) is 12.4 Å². The van der Waals surface area contributed by atoms with Crippen LogP contribution in [-0.2, 0) is 98.8 Å². The van der Waals surface area contributed by atoms with Crippen LogP contribution in [-0.4, -0.2) is 279 Å². The van der Waals surface area contributed by atoms with Crippen LogP contribution < -0.4 is 26.4 Å². The first kappa shape index (κ1) is 110. The van der Waals surface area contributed by atoms with Crippen molar-refractivity contribution < 1.29 is 113 Å². The number of benzene rings is 2. The molecule has 1 saturated carbocycles. The number of piperidine rings is 1. The average molecular weight is 1930 g/mol. The number of aromatic nitrogens is 4. The number of alkyl halides is 3. The standard InChI is InChI=1S/C104H146F3N9O22/c1-73(19-11-9-12-20-74(2)85(94-24-18-44-135-94)66-84-22-17-23-96(138-84)101(122)102(123)115-37-14-10-15-38-115)61-75(3)92(119)68-93(120)77(5)62-76(4)91(118)67-83(137-72-117)30-25-78-26-33-95(97(63-78)125-7)136-43-16-13-21-81(108)70-109-36-46-128-48-50-130-52-54-132-56-58-134-60-59-133-57-55-131-53-51-129-49-47-127-45-35-99(121)114-41-39-113(40-42-114)89-32-29-82(65-87(89)104(105,106)107)116-100-86-64-79(80-28-34-98(126-8)111-69-80)27-31-88(86)110-71-90(100)112(6)103(116)124/h9,11-12,18-20,24,27-29,31-32,34,44,62,64-65,69-73,75-76,78,83-85,93,95-97,109,120H,10,13-17,21-23,25-26,30,33,35-43,45-61,63,66-68,108H2,1-8H3/b12-9+,19-11+,74-20+,77-62+,81-70-/t73-,75-,76-,78-,83?,84?,85?,93+,95-,96?,97-/m1/s1. The van der Waals surface area contributed by atoms with Gasteiger partial charge in [-0.2, -0.15) is 13.2 Å². The van der Waals surface area contributed by atoms with Gasteiger partial charge in [-0.25, -0.2) is 9.78 Å².